The van der Waals surface area contributed by atoms with Crippen molar-refractivity contribution < 1.29 is 9.18 Å². The van der Waals surface area contributed by atoms with Crippen LogP contribution in [0.25, 0.3) is 0 Å². The lowest BCUT2D eigenvalue weighted by Crippen LogP contribution is -2.28. The number of carbonyl (C=O) groups excluding carboxylic acids is 1. The molecule has 0 saturated carbocycles. The van der Waals surface area contributed by atoms with Crippen molar-refractivity contribution in [3.63, 3.8) is 0 Å². The predicted octanol–water partition coefficient (Wildman–Crippen LogP) is 2.71. The van der Waals surface area contributed by atoms with Crippen molar-refractivity contribution in [1.82, 2.24) is 10.3 Å². The van der Waals surface area contributed by atoms with Gasteiger partial charge in [-0.2, -0.15) is 0 Å². The number of aryl methyl sites for hydroxylation is 1. The van der Waals surface area contributed by atoms with Crippen molar-refractivity contribution >= 4 is 22.9 Å². The van der Waals surface area contributed by atoms with Crippen LogP contribution >= 0.6 is 11.3 Å². The van der Waals surface area contributed by atoms with E-state index in [2.05, 4.69) is 10.3 Å². The first-order chi connectivity index (χ1) is 9.49. The van der Waals surface area contributed by atoms with Crippen LogP contribution in [0.2, 0.25) is 0 Å². The van der Waals surface area contributed by atoms with Crippen LogP contribution in [0.3, 0.4) is 0 Å². The number of hydrogen-bond donors (Lipinski definition) is 2. The Morgan fingerprint density at radius 3 is 2.95 bits per heavy atom. The Kier molecular flexibility index (Phi) is 4.34. The van der Waals surface area contributed by atoms with E-state index in [-0.39, 0.29) is 11.5 Å². The van der Waals surface area contributed by atoms with Crippen LogP contribution in [-0.4, -0.2) is 17.4 Å². The Labute approximate surface area is 120 Å². The van der Waals surface area contributed by atoms with Gasteiger partial charge in [0.2, 0.25) is 0 Å². The molecular formula is C14H16FN3OS. The minimum absolute atomic E-state index is 0.0196. The molecule has 20 heavy (non-hydrogen) atoms. The SMILES string of the molecule is Cc1cc(N)cc(C(=O)NCC(C)c2nccs2)c1F. The fraction of sp³-hybridized carbons (Fsp3) is 0.286. The molecule has 106 valence electrons. The third kappa shape index (κ3) is 3.14. The zero-order valence-corrected chi connectivity index (χ0v) is 12.1. The first-order valence-corrected chi connectivity index (χ1v) is 7.10. The molecule has 1 aromatic heterocycles. The zero-order valence-electron chi connectivity index (χ0n) is 11.3. The van der Waals surface area contributed by atoms with Crippen molar-refractivity contribution in [2.45, 2.75) is 19.8 Å². The van der Waals surface area contributed by atoms with Crippen molar-refractivity contribution in [2.75, 3.05) is 12.3 Å². The molecule has 6 heteroatoms. The number of nitrogens with zero attached hydrogens (tertiary/aromatic N) is 1. The van der Waals surface area contributed by atoms with Gasteiger partial charge in [-0.3, -0.25) is 4.79 Å². The van der Waals surface area contributed by atoms with Crippen molar-refractivity contribution in [3.8, 4) is 0 Å². The van der Waals surface area contributed by atoms with E-state index in [1.807, 2.05) is 12.3 Å². The molecule has 0 radical (unpaired) electrons. The Balaban J connectivity index is 2.06. The van der Waals surface area contributed by atoms with Crippen LogP contribution < -0.4 is 11.1 Å². The van der Waals surface area contributed by atoms with E-state index in [0.29, 0.717) is 17.8 Å². The van der Waals surface area contributed by atoms with Gasteiger partial charge in [0, 0.05) is 29.7 Å². The van der Waals surface area contributed by atoms with E-state index >= 15 is 0 Å². The summed E-state index contributed by atoms with van der Waals surface area (Å²) in [5.74, 6) is -0.899. The monoisotopic (exact) mass is 293 g/mol. The quantitative estimate of drug-likeness (QED) is 0.852. The molecule has 0 spiro atoms. The van der Waals surface area contributed by atoms with Gasteiger partial charge < -0.3 is 11.1 Å². The van der Waals surface area contributed by atoms with Gasteiger partial charge in [-0.15, -0.1) is 11.3 Å². The van der Waals surface area contributed by atoms with Crippen molar-refractivity contribution in [1.29, 1.82) is 0 Å². The Morgan fingerprint density at radius 1 is 1.55 bits per heavy atom. The topological polar surface area (TPSA) is 68.0 Å². The number of hydrogen-bond acceptors (Lipinski definition) is 4. The summed E-state index contributed by atoms with van der Waals surface area (Å²) < 4.78 is 13.9. The first kappa shape index (κ1) is 14.5. The van der Waals surface area contributed by atoms with Gasteiger partial charge in [-0.1, -0.05) is 6.92 Å². The Bertz CT molecular complexity index is 613. The normalized spacial score (nSPS) is 12.2. The number of aromatic nitrogens is 1. The lowest BCUT2D eigenvalue weighted by molar-refractivity contribution is 0.0947. The van der Waals surface area contributed by atoms with Gasteiger partial charge in [-0.25, -0.2) is 9.37 Å². The highest BCUT2D eigenvalue weighted by molar-refractivity contribution is 7.09. The molecule has 0 aliphatic heterocycles. The smallest absolute Gasteiger partial charge is 0.254 e. The van der Waals surface area contributed by atoms with Gasteiger partial charge in [0.15, 0.2) is 0 Å². The Morgan fingerprint density at radius 2 is 2.30 bits per heavy atom. The summed E-state index contributed by atoms with van der Waals surface area (Å²) in [6.45, 7) is 3.94. The molecule has 1 atom stereocenters. The molecule has 4 nitrogen and oxygen atoms in total. The van der Waals surface area contributed by atoms with Gasteiger partial charge >= 0.3 is 0 Å². The van der Waals surface area contributed by atoms with Crippen LogP contribution in [0.4, 0.5) is 10.1 Å². The number of nitrogens with one attached hydrogen (secondary N) is 1. The second kappa shape index (κ2) is 6.00. The largest absolute Gasteiger partial charge is 0.399 e. The number of amides is 1. The number of nitrogens with two attached hydrogens (primary N) is 1. The van der Waals surface area contributed by atoms with Crippen LogP contribution in [-0.2, 0) is 0 Å². The molecular weight excluding hydrogens is 277 g/mol. The maximum Gasteiger partial charge on any atom is 0.254 e. The number of anilines is 1. The minimum atomic E-state index is -0.529. The standard InChI is InChI=1S/C14H16FN3OS/c1-8-5-10(16)6-11(12(8)15)13(19)18-7-9(2)14-17-3-4-20-14/h3-6,9H,7,16H2,1-2H3,(H,18,19). The maximum atomic E-state index is 13.9. The lowest BCUT2D eigenvalue weighted by atomic mass is 10.1. The summed E-state index contributed by atoms with van der Waals surface area (Å²) >= 11 is 1.53. The number of benzene rings is 1. The minimum Gasteiger partial charge on any atom is -0.399 e. The molecule has 0 bridgehead atoms. The average Bonchev–Trinajstić information content (AvgIpc) is 2.93. The lowest BCUT2D eigenvalue weighted by Gasteiger charge is -2.11. The number of halogens is 1. The summed E-state index contributed by atoms with van der Waals surface area (Å²) in [4.78, 5) is 16.2. The fourth-order valence-corrected chi connectivity index (χ4v) is 2.57. The van der Waals surface area contributed by atoms with Crippen molar-refractivity contribution in [2.24, 2.45) is 0 Å². The van der Waals surface area contributed by atoms with Gasteiger partial charge in [-0.05, 0) is 24.6 Å². The molecule has 3 N–H and O–H groups in total. The molecule has 1 amide bonds. The number of thiazole rings is 1. The molecule has 0 aliphatic rings. The molecule has 0 fully saturated rings. The molecule has 0 aliphatic carbocycles. The van der Waals surface area contributed by atoms with Crippen LogP contribution in [0, 0.1) is 12.7 Å². The van der Waals surface area contributed by atoms with Gasteiger partial charge in [0.05, 0.1) is 10.6 Å². The zero-order chi connectivity index (χ0) is 14.7. The van der Waals surface area contributed by atoms with E-state index < -0.39 is 11.7 Å². The summed E-state index contributed by atoms with van der Waals surface area (Å²) in [7, 11) is 0. The van der Waals surface area contributed by atoms with Gasteiger partial charge in [0.25, 0.3) is 5.91 Å². The van der Waals surface area contributed by atoms with E-state index in [9.17, 15) is 9.18 Å². The molecule has 1 aromatic carbocycles. The highest BCUT2D eigenvalue weighted by Crippen LogP contribution is 2.19. The second-order valence-corrected chi connectivity index (χ2v) is 5.61. The summed E-state index contributed by atoms with van der Waals surface area (Å²) in [6, 6.07) is 2.86. The molecule has 0 saturated heterocycles. The summed E-state index contributed by atoms with van der Waals surface area (Å²) in [6.07, 6.45) is 1.72. The first-order valence-electron chi connectivity index (χ1n) is 6.22. The number of carbonyl (C=O) groups is 1. The number of nitrogen functional groups attached to an aromatic ring is 1. The van der Waals surface area contributed by atoms with E-state index in [0.717, 1.165) is 5.01 Å². The third-order valence-corrected chi connectivity index (χ3v) is 3.97. The highest BCUT2D eigenvalue weighted by Gasteiger charge is 2.16. The maximum absolute atomic E-state index is 13.9. The van der Waals surface area contributed by atoms with E-state index in [1.54, 1.807) is 13.1 Å². The molecule has 1 unspecified atom stereocenters. The highest BCUT2D eigenvalue weighted by atomic mass is 32.1. The summed E-state index contributed by atoms with van der Waals surface area (Å²) in [5, 5.41) is 5.54. The van der Waals surface area contributed by atoms with Gasteiger partial charge in [0.1, 0.15) is 5.82 Å². The molecule has 1 heterocycles. The second-order valence-electron chi connectivity index (χ2n) is 4.68. The predicted molar refractivity (Wildman–Crippen MR) is 78.4 cm³/mol. The fourth-order valence-electron chi connectivity index (χ4n) is 1.87. The molecule has 2 rings (SSSR count). The molecule has 2 aromatic rings. The third-order valence-electron chi connectivity index (χ3n) is 2.96. The van der Waals surface area contributed by atoms with Crippen LogP contribution in [0.15, 0.2) is 23.7 Å². The van der Waals surface area contributed by atoms with Crippen LogP contribution in [0.1, 0.15) is 33.8 Å². The van der Waals surface area contributed by atoms with E-state index in [4.69, 9.17) is 5.73 Å². The Hall–Kier alpha value is -1.95. The van der Waals surface area contributed by atoms with Crippen LogP contribution in [0.5, 0.6) is 0 Å². The number of rotatable bonds is 4. The van der Waals surface area contributed by atoms with Crippen molar-refractivity contribution in [3.05, 3.63) is 45.7 Å². The average molecular weight is 293 g/mol. The summed E-state index contributed by atoms with van der Waals surface area (Å²) in [5.41, 5.74) is 6.37. The van der Waals surface area contributed by atoms with E-state index in [1.165, 1.54) is 23.5 Å².